The molecule has 2 aromatic rings. The Labute approximate surface area is 113 Å². The van der Waals surface area contributed by atoms with Gasteiger partial charge in [0.2, 0.25) is 0 Å². The maximum absolute atomic E-state index is 6.18. The maximum atomic E-state index is 6.18. The van der Waals surface area contributed by atoms with Crippen molar-refractivity contribution in [1.82, 2.24) is 14.8 Å². The predicted molar refractivity (Wildman–Crippen MR) is 73.1 cm³/mol. The molecular weight excluding hydrogens is 300 g/mol. The third-order valence-electron chi connectivity index (χ3n) is 2.68. The summed E-state index contributed by atoms with van der Waals surface area (Å²) in [6.45, 7) is 4.94. The number of aryl methyl sites for hydroxylation is 2. The minimum atomic E-state index is -0.0137. The van der Waals surface area contributed by atoms with E-state index in [2.05, 4.69) is 32.9 Å². The van der Waals surface area contributed by atoms with Crippen LogP contribution in [-0.4, -0.2) is 14.8 Å². The fourth-order valence-corrected chi connectivity index (χ4v) is 2.85. The smallest absolute Gasteiger partial charge is 0.0794 e. The molecular formula is C11H15BrN4S. The van der Waals surface area contributed by atoms with Gasteiger partial charge < -0.3 is 5.73 Å². The second-order valence-electron chi connectivity index (χ2n) is 3.88. The molecule has 2 N–H and O–H groups in total. The fourth-order valence-electron chi connectivity index (χ4n) is 1.78. The minimum absolute atomic E-state index is 0.0137. The van der Waals surface area contributed by atoms with Gasteiger partial charge in [0.05, 0.1) is 21.4 Å². The second kappa shape index (κ2) is 5.29. The van der Waals surface area contributed by atoms with Crippen LogP contribution in [0, 0.1) is 6.92 Å². The van der Waals surface area contributed by atoms with Crippen LogP contribution in [0.2, 0.25) is 0 Å². The molecule has 1 atom stereocenters. The van der Waals surface area contributed by atoms with Crippen LogP contribution in [-0.2, 0) is 13.0 Å². The average Bonchev–Trinajstić information content (AvgIpc) is 2.92. The van der Waals surface area contributed by atoms with E-state index in [1.54, 1.807) is 11.3 Å². The van der Waals surface area contributed by atoms with Gasteiger partial charge in [0.15, 0.2) is 0 Å². The Balaban J connectivity index is 2.24. The van der Waals surface area contributed by atoms with Crippen LogP contribution in [0.15, 0.2) is 16.2 Å². The lowest BCUT2D eigenvalue weighted by molar-refractivity contribution is 0.589. The number of nitrogens with two attached hydrogens (primary N) is 1. The van der Waals surface area contributed by atoms with Gasteiger partial charge in [-0.25, -0.2) is 0 Å². The highest BCUT2D eigenvalue weighted by molar-refractivity contribution is 9.10. The molecule has 2 heterocycles. The fraction of sp³-hybridized carbons (Fsp3) is 0.455. The van der Waals surface area contributed by atoms with Gasteiger partial charge in [-0.05, 0) is 29.8 Å². The first kappa shape index (κ1) is 12.7. The molecule has 0 amide bonds. The summed E-state index contributed by atoms with van der Waals surface area (Å²) in [5.41, 5.74) is 10.2. The first-order valence-electron chi connectivity index (χ1n) is 5.49. The molecule has 2 rings (SSSR count). The van der Waals surface area contributed by atoms with Gasteiger partial charge >= 0.3 is 0 Å². The third kappa shape index (κ3) is 2.59. The summed E-state index contributed by atoms with van der Waals surface area (Å²) in [6, 6.07) is -0.0137. The maximum Gasteiger partial charge on any atom is 0.0794 e. The van der Waals surface area contributed by atoms with E-state index >= 15 is 0 Å². The lowest BCUT2D eigenvalue weighted by Crippen LogP contribution is -2.15. The standard InChI is InChI=1S/C11H15BrN4S/c1-3-16-9(11(12)7(2)15-16)4-8(13)10-5-14-6-17-10/h5-6,8H,3-4,13H2,1-2H3. The molecule has 0 aliphatic heterocycles. The molecule has 0 radical (unpaired) electrons. The number of rotatable bonds is 4. The van der Waals surface area contributed by atoms with E-state index in [4.69, 9.17) is 5.73 Å². The van der Waals surface area contributed by atoms with Crippen molar-refractivity contribution < 1.29 is 0 Å². The van der Waals surface area contributed by atoms with Crippen molar-refractivity contribution in [3.8, 4) is 0 Å². The number of halogens is 1. The van der Waals surface area contributed by atoms with Crippen molar-refractivity contribution in [2.24, 2.45) is 5.73 Å². The van der Waals surface area contributed by atoms with Gasteiger partial charge in [0.1, 0.15) is 0 Å². The van der Waals surface area contributed by atoms with Gasteiger partial charge in [-0.15, -0.1) is 11.3 Å². The monoisotopic (exact) mass is 314 g/mol. The Kier molecular flexibility index (Phi) is 3.96. The number of hydrogen-bond donors (Lipinski definition) is 1. The molecule has 0 spiro atoms. The Hall–Kier alpha value is -0.720. The molecule has 4 nitrogen and oxygen atoms in total. The molecule has 92 valence electrons. The molecule has 0 saturated heterocycles. The van der Waals surface area contributed by atoms with Crippen LogP contribution < -0.4 is 5.73 Å². The zero-order valence-corrected chi connectivity index (χ0v) is 12.3. The van der Waals surface area contributed by atoms with Crippen molar-refractivity contribution in [3.63, 3.8) is 0 Å². The van der Waals surface area contributed by atoms with Gasteiger partial charge in [-0.2, -0.15) is 5.10 Å². The predicted octanol–water partition coefficient (Wildman–Crippen LogP) is 2.67. The van der Waals surface area contributed by atoms with Crippen molar-refractivity contribution in [2.75, 3.05) is 0 Å². The number of thiazole rings is 1. The Morgan fingerprint density at radius 3 is 2.94 bits per heavy atom. The molecule has 0 saturated carbocycles. The molecule has 2 aromatic heterocycles. The highest BCUT2D eigenvalue weighted by atomic mass is 79.9. The molecule has 17 heavy (non-hydrogen) atoms. The van der Waals surface area contributed by atoms with E-state index in [0.29, 0.717) is 0 Å². The molecule has 0 fully saturated rings. The molecule has 0 aliphatic rings. The second-order valence-corrected chi connectivity index (χ2v) is 5.59. The summed E-state index contributed by atoms with van der Waals surface area (Å²) < 4.78 is 3.07. The van der Waals surface area contributed by atoms with E-state index in [0.717, 1.165) is 33.7 Å². The topological polar surface area (TPSA) is 56.7 Å². The third-order valence-corrected chi connectivity index (χ3v) is 4.62. The highest BCUT2D eigenvalue weighted by Gasteiger charge is 2.17. The molecule has 0 aromatic carbocycles. The van der Waals surface area contributed by atoms with Crippen LogP contribution in [0.25, 0.3) is 0 Å². The Morgan fingerprint density at radius 1 is 1.59 bits per heavy atom. The quantitative estimate of drug-likeness (QED) is 0.944. The summed E-state index contributed by atoms with van der Waals surface area (Å²) in [5.74, 6) is 0. The van der Waals surface area contributed by atoms with Gasteiger partial charge in [-0.3, -0.25) is 9.67 Å². The molecule has 0 bridgehead atoms. The van der Waals surface area contributed by atoms with Gasteiger partial charge in [0.25, 0.3) is 0 Å². The Morgan fingerprint density at radius 2 is 2.35 bits per heavy atom. The summed E-state index contributed by atoms with van der Waals surface area (Å²) in [5, 5.41) is 4.47. The van der Waals surface area contributed by atoms with Crippen LogP contribution in [0.3, 0.4) is 0 Å². The summed E-state index contributed by atoms with van der Waals surface area (Å²) in [4.78, 5) is 5.17. The van der Waals surface area contributed by atoms with Crippen LogP contribution in [0.1, 0.15) is 29.2 Å². The number of hydrogen-bond acceptors (Lipinski definition) is 4. The Bertz CT molecular complexity index is 492. The van der Waals surface area contributed by atoms with Crippen LogP contribution >= 0.6 is 27.3 Å². The van der Waals surface area contributed by atoms with Gasteiger partial charge in [0, 0.05) is 30.1 Å². The van der Waals surface area contributed by atoms with Crippen molar-refractivity contribution in [3.05, 3.63) is 32.4 Å². The number of nitrogens with zero attached hydrogens (tertiary/aromatic N) is 3. The van der Waals surface area contributed by atoms with E-state index in [9.17, 15) is 0 Å². The SMILES string of the molecule is CCn1nc(C)c(Br)c1CC(N)c1cncs1. The largest absolute Gasteiger partial charge is 0.323 e. The normalized spacial score (nSPS) is 12.9. The summed E-state index contributed by atoms with van der Waals surface area (Å²) in [6.07, 6.45) is 2.61. The van der Waals surface area contributed by atoms with Crippen molar-refractivity contribution in [1.29, 1.82) is 0 Å². The molecule has 0 aliphatic carbocycles. The lowest BCUT2D eigenvalue weighted by Gasteiger charge is -2.11. The summed E-state index contributed by atoms with van der Waals surface area (Å²) in [7, 11) is 0. The number of aromatic nitrogens is 3. The lowest BCUT2D eigenvalue weighted by atomic mass is 10.1. The van der Waals surface area contributed by atoms with E-state index < -0.39 is 0 Å². The molecule has 6 heteroatoms. The minimum Gasteiger partial charge on any atom is -0.323 e. The van der Waals surface area contributed by atoms with E-state index in [-0.39, 0.29) is 6.04 Å². The van der Waals surface area contributed by atoms with Crippen LogP contribution in [0.4, 0.5) is 0 Å². The molecule has 1 unspecified atom stereocenters. The van der Waals surface area contributed by atoms with Crippen molar-refractivity contribution in [2.45, 2.75) is 32.9 Å². The first-order chi connectivity index (χ1) is 8.13. The van der Waals surface area contributed by atoms with E-state index in [1.165, 1.54) is 0 Å². The summed E-state index contributed by atoms with van der Waals surface area (Å²) >= 11 is 5.18. The first-order valence-corrected chi connectivity index (χ1v) is 7.16. The zero-order valence-electron chi connectivity index (χ0n) is 9.85. The zero-order chi connectivity index (χ0) is 12.4. The van der Waals surface area contributed by atoms with Crippen LogP contribution in [0.5, 0.6) is 0 Å². The van der Waals surface area contributed by atoms with Crippen molar-refractivity contribution >= 4 is 27.3 Å². The van der Waals surface area contributed by atoms with Gasteiger partial charge in [-0.1, -0.05) is 0 Å². The van der Waals surface area contributed by atoms with E-state index in [1.807, 2.05) is 23.3 Å². The average molecular weight is 315 g/mol. The highest BCUT2D eigenvalue weighted by Crippen LogP contribution is 2.26.